The summed E-state index contributed by atoms with van der Waals surface area (Å²) in [6.45, 7) is 0.321. The monoisotopic (exact) mass is 505 g/mol. The molecule has 0 unspecified atom stereocenters. The zero-order valence-electron chi connectivity index (χ0n) is 17.5. The lowest BCUT2D eigenvalue weighted by Crippen LogP contribution is -2.45. The van der Waals surface area contributed by atoms with Crippen LogP contribution in [0.15, 0.2) is 83.8 Å². The molecule has 0 bridgehead atoms. The number of anilines is 1. The molecule has 3 amide bonds. The van der Waals surface area contributed by atoms with Crippen LogP contribution in [0.4, 0.5) is 5.69 Å². The van der Waals surface area contributed by atoms with Crippen LogP contribution < -0.4 is 10.3 Å². The zero-order chi connectivity index (χ0) is 23.8. The Morgan fingerprint density at radius 2 is 1.59 bits per heavy atom. The lowest BCUT2D eigenvalue weighted by molar-refractivity contribution is -0.124. The fourth-order valence-electron chi connectivity index (χ4n) is 3.80. The van der Waals surface area contributed by atoms with Crippen LogP contribution in [0, 0.1) is 0 Å². The van der Waals surface area contributed by atoms with Crippen LogP contribution >= 0.6 is 35.6 Å². The number of carbonyl (C=O) groups is 3. The van der Waals surface area contributed by atoms with E-state index in [2.05, 4.69) is 5.43 Å². The highest BCUT2D eigenvalue weighted by Gasteiger charge is 2.42. The van der Waals surface area contributed by atoms with E-state index in [4.69, 9.17) is 23.8 Å². The highest BCUT2D eigenvalue weighted by molar-refractivity contribution is 8.26. The molecule has 0 spiro atoms. The third-order valence-corrected chi connectivity index (χ3v) is 7.05. The smallest absolute Gasteiger partial charge is 0.286 e. The SMILES string of the molecule is O=C(NN1C(=O)/C(=C2/C(=O)N(Cc3ccc(Cl)cc3)c3ccccc32)SC1=S)c1ccccc1. The van der Waals surface area contributed by atoms with E-state index >= 15 is 0 Å². The Balaban J connectivity index is 1.48. The third kappa shape index (κ3) is 4.00. The van der Waals surface area contributed by atoms with Crippen molar-refractivity contribution >= 4 is 68.9 Å². The fourth-order valence-corrected chi connectivity index (χ4v) is 5.18. The molecule has 1 N–H and O–H groups in total. The first-order chi connectivity index (χ1) is 16.4. The Morgan fingerprint density at radius 1 is 0.912 bits per heavy atom. The van der Waals surface area contributed by atoms with Gasteiger partial charge in [0.15, 0.2) is 4.32 Å². The Kier molecular flexibility index (Phi) is 5.95. The summed E-state index contributed by atoms with van der Waals surface area (Å²) >= 11 is 12.4. The number of hydrogen-bond acceptors (Lipinski definition) is 5. The van der Waals surface area contributed by atoms with Gasteiger partial charge >= 0.3 is 0 Å². The molecule has 0 radical (unpaired) electrons. The molecule has 3 aromatic carbocycles. The molecule has 0 atom stereocenters. The van der Waals surface area contributed by atoms with Gasteiger partial charge in [0.2, 0.25) is 0 Å². The second-order valence-electron chi connectivity index (χ2n) is 7.55. The highest BCUT2D eigenvalue weighted by atomic mass is 35.5. The van der Waals surface area contributed by atoms with Gasteiger partial charge in [0, 0.05) is 16.1 Å². The van der Waals surface area contributed by atoms with Crippen LogP contribution in [0.1, 0.15) is 21.5 Å². The normalized spacial score (nSPS) is 17.4. The Labute approximate surface area is 210 Å². The number of benzene rings is 3. The zero-order valence-corrected chi connectivity index (χ0v) is 19.9. The number of thioether (sulfide) groups is 1. The second kappa shape index (κ2) is 9.06. The lowest BCUT2D eigenvalue weighted by atomic mass is 10.1. The molecule has 34 heavy (non-hydrogen) atoms. The van der Waals surface area contributed by atoms with E-state index in [0.717, 1.165) is 22.3 Å². The van der Waals surface area contributed by atoms with Crippen molar-refractivity contribution in [3.05, 3.63) is 105 Å². The average molecular weight is 506 g/mol. The summed E-state index contributed by atoms with van der Waals surface area (Å²) < 4.78 is 0.151. The summed E-state index contributed by atoms with van der Waals surface area (Å²) in [5, 5.41) is 1.63. The second-order valence-corrected chi connectivity index (χ2v) is 9.64. The largest absolute Gasteiger partial charge is 0.303 e. The quantitative estimate of drug-likeness (QED) is 0.407. The summed E-state index contributed by atoms with van der Waals surface area (Å²) in [7, 11) is 0. The molecule has 3 aromatic rings. The van der Waals surface area contributed by atoms with Gasteiger partial charge in [-0.3, -0.25) is 19.8 Å². The van der Waals surface area contributed by atoms with E-state index in [1.165, 1.54) is 0 Å². The van der Waals surface area contributed by atoms with Crippen molar-refractivity contribution in [2.45, 2.75) is 6.54 Å². The lowest BCUT2D eigenvalue weighted by Gasteiger charge is -2.17. The minimum atomic E-state index is -0.536. The number of carbonyl (C=O) groups excluding carboxylic acids is 3. The maximum absolute atomic E-state index is 13.6. The summed E-state index contributed by atoms with van der Waals surface area (Å²) in [5.74, 6) is -1.30. The maximum Gasteiger partial charge on any atom is 0.286 e. The van der Waals surface area contributed by atoms with Crippen LogP contribution in [0.25, 0.3) is 5.57 Å². The van der Waals surface area contributed by atoms with Crippen LogP contribution in [-0.4, -0.2) is 27.1 Å². The van der Waals surface area contributed by atoms with Gasteiger partial charge in [-0.15, -0.1) is 0 Å². The summed E-state index contributed by atoms with van der Waals surface area (Å²) in [6.07, 6.45) is 0. The van der Waals surface area contributed by atoms with Crippen molar-refractivity contribution in [3.63, 3.8) is 0 Å². The van der Waals surface area contributed by atoms with Crippen LogP contribution in [0.3, 0.4) is 0 Å². The van der Waals surface area contributed by atoms with E-state index < -0.39 is 11.8 Å². The molecule has 2 heterocycles. The summed E-state index contributed by atoms with van der Waals surface area (Å²) in [5.41, 5.74) is 5.47. The number of hydrazine groups is 1. The number of hydrogen-bond donors (Lipinski definition) is 1. The molecule has 5 rings (SSSR count). The van der Waals surface area contributed by atoms with Crippen LogP contribution in [0.2, 0.25) is 5.02 Å². The number of halogens is 1. The van der Waals surface area contributed by atoms with E-state index in [0.29, 0.717) is 28.4 Å². The van der Waals surface area contributed by atoms with Crippen LogP contribution in [0.5, 0.6) is 0 Å². The number of rotatable bonds is 4. The summed E-state index contributed by atoms with van der Waals surface area (Å²) in [6, 6.07) is 23.1. The predicted molar refractivity (Wildman–Crippen MR) is 137 cm³/mol. The van der Waals surface area contributed by atoms with Crippen LogP contribution in [-0.2, 0) is 16.1 Å². The Bertz CT molecular complexity index is 1370. The molecule has 0 aromatic heterocycles. The number of amides is 3. The predicted octanol–water partition coefficient (Wildman–Crippen LogP) is 4.80. The minimum absolute atomic E-state index is 0.151. The van der Waals surface area contributed by atoms with Gasteiger partial charge in [0.05, 0.1) is 22.7 Å². The van der Waals surface area contributed by atoms with E-state index in [-0.39, 0.29) is 20.7 Å². The number of nitrogens with zero attached hydrogens (tertiary/aromatic N) is 2. The van der Waals surface area contributed by atoms with Crippen molar-refractivity contribution in [3.8, 4) is 0 Å². The highest BCUT2D eigenvalue weighted by Crippen LogP contribution is 2.44. The number of para-hydroxylation sites is 1. The molecule has 168 valence electrons. The van der Waals surface area contributed by atoms with Crippen molar-refractivity contribution in [1.29, 1.82) is 0 Å². The van der Waals surface area contributed by atoms with E-state index in [1.54, 1.807) is 53.4 Å². The van der Waals surface area contributed by atoms with Gasteiger partial charge in [-0.25, -0.2) is 0 Å². The summed E-state index contributed by atoms with van der Waals surface area (Å²) in [4.78, 5) is 41.2. The number of thiocarbonyl (C=S) groups is 1. The van der Waals surface area contributed by atoms with Gasteiger partial charge in [0.1, 0.15) is 0 Å². The molecule has 9 heteroatoms. The molecule has 1 saturated heterocycles. The van der Waals surface area contributed by atoms with Crippen molar-refractivity contribution in [2.75, 3.05) is 4.90 Å². The minimum Gasteiger partial charge on any atom is -0.303 e. The molecular formula is C25H16ClN3O3S2. The molecule has 2 aliphatic rings. The molecule has 1 fully saturated rings. The van der Waals surface area contributed by atoms with Crippen molar-refractivity contribution < 1.29 is 14.4 Å². The van der Waals surface area contributed by atoms with E-state index in [9.17, 15) is 14.4 Å². The molecule has 6 nitrogen and oxygen atoms in total. The van der Waals surface area contributed by atoms with Gasteiger partial charge in [0.25, 0.3) is 17.7 Å². The number of fused-ring (bicyclic) bond motifs is 1. The van der Waals surface area contributed by atoms with Gasteiger partial charge in [-0.05, 0) is 48.1 Å². The molecular weight excluding hydrogens is 490 g/mol. The average Bonchev–Trinajstić information content (AvgIpc) is 3.28. The standard InChI is InChI=1S/C25H16ClN3O3S2/c26-17-12-10-15(11-13-17)14-28-19-9-5-4-8-18(19)20(23(28)31)21-24(32)29(25(33)34-21)27-22(30)16-6-2-1-3-7-16/h1-13H,14H2,(H,27,30)/b21-20-. The van der Waals surface area contributed by atoms with E-state index in [1.807, 2.05) is 30.3 Å². The fraction of sp³-hybridized carbons (Fsp3) is 0.0400. The maximum atomic E-state index is 13.6. The van der Waals surface area contributed by atoms with Gasteiger partial charge < -0.3 is 4.90 Å². The third-order valence-electron chi connectivity index (χ3n) is 5.42. The topological polar surface area (TPSA) is 69.7 Å². The van der Waals surface area contributed by atoms with Gasteiger partial charge in [-0.2, -0.15) is 5.01 Å². The Hall–Kier alpha value is -3.46. The number of nitrogens with one attached hydrogen (secondary N) is 1. The first-order valence-corrected chi connectivity index (χ1v) is 11.9. The first-order valence-electron chi connectivity index (χ1n) is 10.3. The first kappa shape index (κ1) is 22.3. The molecule has 0 aliphatic carbocycles. The van der Waals surface area contributed by atoms with Gasteiger partial charge in [-0.1, -0.05) is 71.9 Å². The molecule has 0 saturated carbocycles. The Morgan fingerprint density at radius 3 is 2.32 bits per heavy atom. The van der Waals surface area contributed by atoms with Crippen molar-refractivity contribution in [2.24, 2.45) is 0 Å². The van der Waals surface area contributed by atoms with Crippen molar-refractivity contribution in [1.82, 2.24) is 10.4 Å². The molecule has 2 aliphatic heterocycles.